The molecule has 0 aliphatic heterocycles. The molecule has 38 heavy (non-hydrogen) atoms. The van der Waals surface area contributed by atoms with Crippen LogP contribution in [0.3, 0.4) is 0 Å². The van der Waals surface area contributed by atoms with Gasteiger partial charge in [0, 0.05) is 6.42 Å². The number of unbranched alkanes of at least 4 members (excludes halogenated alkanes) is 27. The number of ketones is 1. The number of aldehydes is 1. The molecule has 0 amide bonds. The summed E-state index contributed by atoms with van der Waals surface area (Å²) < 4.78 is 0. The van der Waals surface area contributed by atoms with E-state index < -0.39 is 0 Å². The van der Waals surface area contributed by atoms with Crippen LogP contribution in [0.5, 0.6) is 0 Å². The molecular weight excluding hydrogens is 464 g/mol. The van der Waals surface area contributed by atoms with E-state index in [4.69, 9.17) is 0 Å². The van der Waals surface area contributed by atoms with Crippen molar-refractivity contribution in [1.29, 1.82) is 0 Å². The van der Waals surface area contributed by atoms with Gasteiger partial charge in [0.1, 0.15) is 12.1 Å². The highest BCUT2D eigenvalue weighted by atomic mass is 16.1. The Labute approximate surface area is 240 Å². The van der Waals surface area contributed by atoms with Gasteiger partial charge < -0.3 is 4.79 Å². The normalized spacial score (nSPS) is 12.2. The van der Waals surface area contributed by atoms with E-state index in [-0.39, 0.29) is 11.7 Å². The van der Waals surface area contributed by atoms with Gasteiger partial charge in [-0.2, -0.15) is 0 Å². The van der Waals surface area contributed by atoms with Crippen LogP contribution in [0.2, 0.25) is 0 Å². The van der Waals surface area contributed by atoms with Gasteiger partial charge in [-0.25, -0.2) is 0 Å². The zero-order valence-electron chi connectivity index (χ0n) is 26.4. The van der Waals surface area contributed by atoms with Gasteiger partial charge in [-0.05, 0) is 12.8 Å². The lowest BCUT2D eigenvalue weighted by Crippen LogP contribution is -2.15. The van der Waals surface area contributed by atoms with Gasteiger partial charge in [-0.1, -0.05) is 194 Å². The monoisotopic (exact) mass is 535 g/mol. The molecule has 0 rings (SSSR count). The molecule has 0 radical (unpaired) electrons. The maximum atomic E-state index is 12.4. The van der Waals surface area contributed by atoms with Crippen LogP contribution in [0, 0.1) is 5.92 Å². The molecule has 0 saturated heterocycles. The Kier molecular flexibility index (Phi) is 32.0. The first-order chi connectivity index (χ1) is 18.8. The third kappa shape index (κ3) is 28.4. The minimum atomic E-state index is -0.334. The first-order valence-electron chi connectivity index (χ1n) is 17.7. The fourth-order valence-corrected chi connectivity index (χ4v) is 5.72. The third-order valence-corrected chi connectivity index (χ3v) is 8.47. The van der Waals surface area contributed by atoms with Crippen LogP contribution >= 0.6 is 0 Å². The number of carbonyl (C=O) groups excluding carboxylic acids is 2. The minimum Gasteiger partial charge on any atom is -0.303 e. The summed E-state index contributed by atoms with van der Waals surface area (Å²) >= 11 is 0. The molecule has 0 unspecified atom stereocenters. The van der Waals surface area contributed by atoms with Crippen molar-refractivity contribution in [2.45, 2.75) is 213 Å². The van der Waals surface area contributed by atoms with Gasteiger partial charge >= 0.3 is 0 Å². The summed E-state index contributed by atoms with van der Waals surface area (Å²) in [6, 6.07) is 0. The van der Waals surface area contributed by atoms with Crippen molar-refractivity contribution in [2.75, 3.05) is 0 Å². The van der Waals surface area contributed by atoms with Gasteiger partial charge in [0.25, 0.3) is 0 Å². The Morgan fingerprint density at radius 3 is 0.974 bits per heavy atom. The molecule has 0 aromatic rings. The zero-order valence-corrected chi connectivity index (χ0v) is 26.4. The standard InChI is InChI=1S/C36H70O2/c1-3-5-7-9-11-13-15-17-19-21-23-25-27-29-31-33-36(38)35(34-37)32-30-28-26-24-22-20-18-16-14-12-10-8-6-4-2/h34-35H,3-33H2,1-2H3/t35-/m0/s1. The van der Waals surface area contributed by atoms with Crippen LogP contribution in [-0.4, -0.2) is 12.1 Å². The molecule has 0 heterocycles. The van der Waals surface area contributed by atoms with E-state index >= 15 is 0 Å². The van der Waals surface area contributed by atoms with Crippen LogP contribution in [0.4, 0.5) is 0 Å². The van der Waals surface area contributed by atoms with Crippen molar-refractivity contribution in [2.24, 2.45) is 5.92 Å². The lowest BCUT2D eigenvalue weighted by Gasteiger charge is -2.09. The highest BCUT2D eigenvalue weighted by Crippen LogP contribution is 2.18. The Morgan fingerprint density at radius 1 is 0.421 bits per heavy atom. The molecule has 0 aliphatic carbocycles. The van der Waals surface area contributed by atoms with Crippen molar-refractivity contribution in [3.05, 3.63) is 0 Å². The maximum absolute atomic E-state index is 12.4. The van der Waals surface area contributed by atoms with Crippen LogP contribution in [0.25, 0.3) is 0 Å². The molecule has 0 aromatic heterocycles. The first kappa shape index (κ1) is 37.3. The molecule has 0 fully saturated rings. The molecule has 0 aromatic carbocycles. The highest BCUT2D eigenvalue weighted by Gasteiger charge is 2.16. The zero-order chi connectivity index (χ0) is 27.8. The van der Waals surface area contributed by atoms with Gasteiger partial charge in [-0.15, -0.1) is 0 Å². The molecule has 0 bridgehead atoms. The van der Waals surface area contributed by atoms with Gasteiger partial charge in [0.05, 0.1) is 5.92 Å². The minimum absolute atomic E-state index is 0.199. The number of hydrogen-bond acceptors (Lipinski definition) is 2. The molecule has 2 heteroatoms. The lowest BCUT2D eigenvalue weighted by atomic mass is 9.94. The summed E-state index contributed by atoms with van der Waals surface area (Å²) in [5, 5.41) is 0. The van der Waals surface area contributed by atoms with E-state index in [0.29, 0.717) is 6.42 Å². The average molecular weight is 535 g/mol. The van der Waals surface area contributed by atoms with Crippen LogP contribution < -0.4 is 0 Å². The summed E-state index contributed by atoms with van der Waals surface area (Å²) in [5.74, 6) is -0.136. The van der Waals surface area contributed by atoms with Crippen molar-refractivity contribution < 1.29 is 9.59 Å². The molecule has 1 atom stereocenters. The SMILES string of the molecule is CCCCCCCCCCCCCCCCCC(=O)[C@H](C=O)CCCCCCCCCCCCCCCC. The largest absolute Gasteiger partial charge is 0.303 e. The summed E-state index contributed by atoms with van der Waals surface area (Å²) in [7, 11) is 0. The fraction of sp³-hybridized carbons (Fsp3) is 0.944. The predicted molar refractivity (Wildman–Crippen MR) is 169 cm³/mol. The Hall–Kier alpha value is -0.660. The van der Waals surface area contributed by atoms with Gasteiger partial charge in [0.15, 0.2) is 0 Å². The van der Waals surface area contributed by atoms with Crippen LogP contribution in [0.1, 0.15) is 213 Å². The van der Waals surface area contributed by atoms with Crippen molar-refractivity contribution in [1.82, 2.24) is 0 Å². The summed E-state index contributed by atoms with van der Waals surface area (Å²) in [4.78, 5) is 23.9. The molecule has 0 saturated carbocycles. The number of Topliss-reactive ketones (excluding diaryl/α,β-unsaturated/α-hetero) is 1. The fourth-order valence-electron chi connectivity index (χ4n) is 5.72. The molecular formula is C36H70O2. The van der Waals surface area contributed by atoms with E-state index in [0.717, 1.165) is 32.0 Å². The summed E-state index contributed by atoms with van der Waals surface area (Å²) in [6.45, 7) is 4.56. The third-order valence-electron chi connectivity index (χ3n) is 8.47. The Bertz CT molecular complexity index is 472. The molecule has 0 aliphatic rings. The van der Waals surface area contributed by atoms with E-state index in [1.807, 2.05) is 0 Å². The Balaban J connectivity index is 3.40. The second-order valence-electron chi connectivity index (χ2n) is 12.3. The first-order valence-corrected chi connectivity index (χ1v) is 17.7. The predicted octanol–water partition coefficient (Wildman–Crippen LogP) is 12.5. The number of rotatable bonds is 33. The summed E-state index contributed by atoms with van der Waals surface area (Å²) in [5.41, 5.74) is 0. The van der Waals surface area contributed by atoms with E-state index in [1.165, 1.54) is 167 Å². The van der Waals surface area contributed by atoms with Crippen LogP contribution in [0.15, 0.2) is 0 Å². The smallest absolute Gasteiger partial charge is 0.143 e. The number of hydrogen-bond donors (Lipinski definition) is 0. The number of carbonyl (C=O) groups is 2. The van der Waals surface area contributed by atoms with Crippen LogP contribution in [-0.2, 0) is 9.59 Å². The second kappa shape index (κ2) is 32.6. The van der Waals surface area contributed by atoms with Gasteiger partial charge in [-0.3, -0.25) is 4.79 Å². The maximum Gasteiger partial charge on any atom is 0.143 e. The van der Waals surface area contributed by atoms with Crippen molar-refractivity contribution in [3.8, 4) is 0 Å². The average Bonchev–Trinajstić information content (AvgIpc) is 2.93. The van der Waals surface area contributed by atoms with E-state index in [9.17, 15) is 9.59 Å². The molecule has 2 nitrogen and oxygen atoms in total. The lowest BCUT2D eigenvalue weighted by molar-refractivity contribution is -0.127. The Morgan fingerprint density at radius 2 is 0.684 bits per heavy atom. The van der Waals surface area contributed by atoms with Crippen molar-refractivity contribution >= 4 is 12.1 Å². The second-order valence-corrected chi connectivity index (χ2v) is 12.3. The molecule has 0 N–H and O–H groups in total. The van der Waals surface area contributed by atoms with Crippen molar-refractivity contribution in [3.63, 3.8) is 0 Å². The topological polar surface area (TPSA) is 34.1 Å². The van der Waals surface area contributed by atoms with E-state index in [1.54, 1.807) is 0 Å². The molecule has 0 spiro atoms. The quantitative estimate of drug-likeness (QED) is 0.0476. The molecule has 226 valence electrons. The summed E-state index contributed by atoms with van der Waals surface area (Å²) in [6.07, 6.45) is 41.2. The van der Waals surface area contributed by atoms with E-state index in [2.05, 4.69) is 13.8 Å². The highest BCUT2D eigenvalue weighted by molar-refractivity contribution is 5.93. The van der Waals surface area contributed by atoms with Gasteiger partial charge in [0.2, 0.25) is 0 Å².